The van der Waals surface area contributed by atoms with E-state index >= 15 is 0 Å². The van der Waals surface area contributed by atoms with Gasteiger partial charge in [0, 0.05) is 31.2 Å². The summed E-state index contributed by atoms with van der Waals surface area (Å²) in [5, 5.41) is 13.0. The third-order valence-electron chi connectivity index (χ3n) is 5.77. The lowest BCUT2D eigenvalue weighted by Crippen LogP contribution is -2.48. The van der Waals surface area contributed by atoms with Gasteiger partial charge >= 0.3 is 6.09 Å². The Kier molecular flexibility index (Phi) is 8.09. The predicted molar refractivity (Wildman–Crippen MR) is 127 cm³/mol. The summed E-state index contributed by atoms with van der Waals surface area (Å²) in [6.45, 7) is 8.12. The molecular formula is C24H32ClN3O3. The summed E-state index contributed by atoms with van der Waals surface area (Å²) in [7, 11) is 1.92. The molecule has 1 aliphatic heterocycles. The van der Waals surface area contributed by atoms with Crippen molar-refractivity contribution in [3.8, 4) is 11.1 Å². The van der Waals surface area contributed by atoms with Crippen molar-refractivity contribution in [3.05, 3.63) is 53.6 Å². The fraction of sp³-hybridized carbons (Fsp3) is 0.417. The van der Waals surface area contributed by atoms with Gasteiger partial charge in [-0.25, -0.2) is 4.79 Å². The maximum atomic E-state index is 12.4. The average molecular weight is 446 g/mol. The lowest BCUT2D eigenvalue weighted by Gasteiger charge is -2.43. The number of benzene rings is 2. The van der Waals surface area contributed by atoms with E-state index in [0.29, 0.717) is 6.42 Å². The molecule has 0 aromatic heterocycles. The van der Waals surface area contributed by atoms with Crippen LogP contribution in [0.25, 0.3) is 11.1 Å². The largest absolute Gasteiger partial charge is 0.465 e. The number of nitrogens with one attached hydrogen (secondary N) is 1. The van der Waals surface area contributed by atoms with Crippen LogP contribution in [-0.4, -0.2) is 41.1 Å². The highest BCUT2D eigenvalue weighted by Crippen LogP contribution is 2.43. The highest BCUT2D eigenvalue weighted by Gasteiger charge is 2.38. The van der Waals surface area contributed by atoms with Crippen LogP contribution in [0.15, 0.2) is 42.5 Å². The molecule has 0 aliphatic carbocycles. The summed E-state index contributed by atoms with van der Waals surface area (Å²) in [6, 6.07) is 13.8. The topological polar surface area (TPSA) is 72.9 Å². The molecule has 1 aliphatic rings. The summed E-state index contributed by atoms with van der Waals surface area (Å²) in [5.41, 5.74) is 4.97. The molecule has 31 heavy (non-hydrogen) atoms. The Hall–Kier alpha value is -2.57. The number of fused-ring (bicyclic) bond motifs is 1. The van der Waals surface area contributed by atoms with Gasteiger partial charge in [-0.05, 0) is 68.6 Å². The van der Waals surface area contributed by atoms with E-state index in [2.05, 4.69) is 29.6 Å². The van der Waals surface area contributed by atoms with Crippen molar-refractivity contribution in [3.63, 3.8) is 0 Å². The highest BCUT2D eigenvalue weighted by atomic mass is 35.5. The highest BCUT2D eigenvalue weighted by molar-refractivity contribution is 5.94. The Morgan fingerprint density at radius 2 is 1.77 bits per heavy atom. The molecule has 168 valence electrons. The number of amides is 2. The molecule has 7 heteroatoms. The molecule has 0 bridgehead atoms. The van der Waals surface area contributed by atoms with Crippen molar-refractivity contribution in [2.45, 2.75) is 58.8 Å². The minimum atomic E-state index is -0.939. The van der Waals surface area contributed by atoms with Crippen LogP contribution in [0.5, 0.6) is 0 Å². The van der Waals surface area contributed by atoms with Crippen LogP contribution in [0.1, 0.15) is 51.3 Å². The molecular weight excluding hydrogens is 414 g/mol. The Balaban J connectivity index is 0.00000341. The summed E-state index contributed by atoms with van der Waals surface area (Å²) in [4.78, 5) is 27.7. The van der Waals surface area contributed by atoms with Crippen molar-refractivity contribution in [2.75, 3.05) is 11.9 Å². The zero-order valence-electron chi connectivity index (χ0n) is 18.8. The standard InChI is InChI=1S/C24H31N3O3.ClH/c1-15(2)26(24(29)30)23-12-16(3)27(17(4)28)22-11-10-20(13-21(22)23)19-8-6-18(7-9-19)14-25-5;/h6-11,13,15-16,23,25H,12,14H2,1-5H3,(H,29,30);1H. The predicted octanol–water partition coefficient (Wildman–Crippen LogP) is 5.07. The lowest BCUT2D eigenvalue weighted by atomic mass is 9.87. The molecule has 0 fully saturated rings. The van der Waals surface area contributed by atoms with Gasteiger partial charge in [-0.3, -0.25) is 9.69 Å². The normalized spacial score (nSPS) is 17.7. The third-order valence-corrected chi connectivity index (χ3v) is 5.77. The molecule has 2 aromatic carbocycles. The SMILES string of the molecule is CNCc1ccc(-c2ccc3c(c2)C(N(C(=O)O)C(C)C)CC(C)N3C(C)=O)cc1.Cl. The monoisotopic (exact) mass is 445 g/mol. The van der Waals surface area contributed by atoms with Crippen LogP contribution in [0, 0.1) is 0 Å². The van der Waals surface area contributed by atoms with Gasteiger partial charge in [0.15, 0.2) is 0 Å². The first-order chi connectivity index (χ1) is 14.2. The van der Waals surface area contributed by atoms with Crippen molar-refractivity contribution in [1.29, 1.82) is 0 Å². The molecule has 3 rings (SSSR count). The quantitative estimate of drug-likeness (QED) is 0.673. The molecule has 0 saturated heterocycles. The molecule has 2 unspecified atom stereocenters. The van der Waals surface area contributed by atoms with Crippen molar-refractivity contribution >= 4 is 30.1 Å². The molecule has 0 spiro atoms. The van der Waals surface area contributed by atoms with E-state index in [1.807, 2.05) is 46.0 Å². The first kappa shape index (κ1) is 24.7. The minimum absolute atomic E-state index is 0. The maximum Gasteiger partial charge on any atom is 0.408 e. The Bertz CT molecular complexity index is 930. The van der Waals surface area contributed by atoms with E-state index in [0.717, 1.165) is 28.9 Å². The van der Waals surface area contributed by atoms with E-state index in [-0.39, 0.29) is 36.4 Å². The zero-order chi connectivity index (χ0) is 22.0. The van der Waals surface area contributed by atoms with Crippen LogP contribution in [-0.2, 0) is 11.3 Å². The van der Waals surface area contributed by atoms with E-state index in [4.69, 9.17) is 0 Å². The maximum absolute atomic E-state index is 12.4. The molecule has 0 saturated carbocycles. The van der Waals surface area contributed by atoms with Crippen LogP contribution in [0.2, 0.25) is 0 Å². The Labute approximate surface area is 190 Å². The molecule has 1 heterocycles. The van der Waals surface area contributed by atoms with Gasteiger partial charge in [0.25, 0.3) is 0 Å². The molecule has 2 amide bonds. The van der Waals surface area contributed by atoms with Gasteiger partial charge in [0.1, 0.15) is 0 Å². The van der Waals surface area contributed by atoms with Crippen LogP contribution < -0.4 is 10.2 Å². The van der Waals surface area contributed by atoms with Crippen LogP contribution in [0.3, 0.4) is 0 Å². The summed E-state index contributed by atoms with van der Waals surface area (Å²) in [5.74, 6) is -0.0298. The van der Waals surface area contributed by atoms with E-state index in [9.17, 15) is 14.7 Å². The summed E-state index contributed by atoms with van der Waals surface area (Å²) in [6.07, 6.45) is -0.368. The van der Waals surface area contributed by atoms with E-state index < -0.39 is 6.09 Å². The Morgan fingerprint density at radius 1 is 1.16 bits per heavy atom. The van der Waals surface area contributed by atoms with Gasteiger partial charge < -0.3 is 15.3 Å². The van der Waals surface area contributed by atoms with Gasteiger partial charge in [0.2, 0.25) is 5.91 Å². The zero-order valence-corrected chi connectivity index (χ0v) is 19.6. The van der Waals surface area contributed by atoms with E-state index in [1.165, 1.54) is 10.5 Å². The van der Waals surface area contributed by atoms with Gasteiger partial charge in [-0.15, -0.1) is 12.4 Å². The van der Waals surface area contributed by atoms with Gasteiger partial charge in [0.05, 0.1) is 6.04 Å². The van der Waals surface area contributed by atoms with Gasteiger partial charge in [-0.1, -0.05) is 30.3 Å². The van der Waals surface area contributed by atoms with Crippen molar-refractivity contribution in [2.24, 2.45) is 0 Å². The fourth-order valence-electron chi connectivity index (χ4n) is 4.49. The van der Waals surface area contributed by atoms with Crippen molar-refractivity contribution in [1.82, 2.24) is 10.2 Å². The number of carboxylic acid groups (broad SMARTS) is 1. The van der Waals surface area contributed by atoms with Crippen molar-refractivity contribution < 1.29 is 14.7 Å². The number of hydrogen-bond acceptors (Lipinski definition) is 3. The summed E-state index contributed by atoms with van der Waals surface area (Å²) < 4.78 is 0. The first-order valence-electron chi connectivity index (χ1n) is 10.4. The molecule has 0 radical (unpaired) electrons. The van der Waals surface area contributed by atoms with Crippen LogP contribution >= 0.6 is 12.4 Å². The smallest absolute Gasteiger partial charge is 0.408 e. The average Bonchev–Trinajstić information content (AvgIpc) is 2.67. The first-order valence-corrected chi connectivity index (χ1v) is 10.4. The molecule has 2 N–H and O–H groups in total. The third kappa shape index (κ3) is 5.02. The number of hydrogen-bond donors (Lipinski definition) is 2. The molecule has 2 aromatic rings. The van der Waals surface area contributed by atoms with Crippen LogP contribution in [0.4, 0.5) is 10.5 Å². The second kappa shape index (κ2) is 10.2. The minimum Gasteiger partial charge on any atom is -0.465 e. The number of carbonyl (C=O) groups excluding carboxylic acids is 1. The number of carbonyl (C=O) groups is 2. The summed E-state index contributed by atoms with van der Waals surface area (Å²) >= 11 is 0. The number of rotatable bonds is 5. The number of anilines is 1. The lowest BCUT2D eigenvalue weighted by molar-refractivity contribution is -0.117. The second-order valence-electron chi connectivity index (χ2n) is 8.27. The van der Waals surface area contributed by atoms with E-state index in [1.54, 1.807) is 11.8 Å². The Morgan fingerprint density at radius 3 is 2.29 bits per heavy atom. The second-order valence-corrected chi connectivity index (χ2v) is 8.27. The molecule has 2 atom stereocenters. The number of nitrogens with zero attached hydrogens (tertiary/aromatic N) is 2. The number of halogens is 1. The fourth-order valence-corrected chi connectivity index (χ4v) is 4.49. The molecule has 6 nitrogen and oxygen atoms in total. The van der Waals surface area contributed by atoms with Gasteiger partial charge in [-0.2, -0.15) is 0 Å².